The number of imidazole rings is 1. The Morgan fingerprint density at radius 3 is 2.88 bits per heavy atom. The van der Waals surface area contributed by atoms with Gasteiger partial charge in [0.1, 0.15) is 5.65 Å². The van der Waals surface area contributed by atoms with Gasteiger partial charge in [0.2, 0.25) is 5.91 Å². The molecule has 0 saturated carbocycles. The fraction of sp³-hybridized carbons (Fsp3) is 0.235. The third-order valence-electron chi connectivity index (χ3n) is 3.49. The summed E-state index contributed by atoms with van der Waals surface area (Å²) in [5.41, 5.74) is 1.66. The molecule has 0 aliphatic rings. The molecule has 0 aromatic carbocycles. The van der Waals surface area contributed by atoms with Gasteiger partial charge in [-0.2, -0.15) is 0 Å². The van der Waals surface area contributed by atoms with Gasteiger partial charge in [-0.3, -0.25) is 9.59 Å². The van der Waals surface area contributed by atoms with Crippen molar-refractivity contribution in [3.63, 3.8) is 0 Å². The van der Waals surface area contributed by atoms with Gasteiger partial charge < -0.3 is 19.5 Å². The number of pyridine rings is 1. The first-order valence-electron chi connectivity index (χ1n) is 7.73. The van der Waals surface area contributed by atoms with E-state index in [-0.39, 0.29) is 17.6 Å². The SMILES string of the molecule is O=C(CCCNC(=O)c1ccco1)NCc1cn2ccccc2n1. The number of rotatable bonds is 7. The molecule has 3 aromatic rings. The Bertz CT molecular complexity index is 790. The topological polar surface area (TPSA) is 88.6 Å². The summed E-state index contributed by atoms with van der Waals surface area (Å²) in [6.45, 7) is 0.806. The van der Waals surface area contributed by atoms with Gasteiger partial charge in [-0.1, -0.05) is 6.07 Å². The number of hydrogen-bond donors (Lipinski definition) is 2. The molecule has 124 valence electrons. The van der Waals surface area contributed by atoms with Crippen molar-refractivity contribution in [2.45, 2.75) is 19.4 Å². The predicted octanol–water partition coefficient (Wildman–Crippen LogP) is 1.75. The van der Waals surface area contributed by atoms with Crippen LogP contribution >= 0.6 is 0 Å². The van der Waals surface area contributed by atoms with E-state index >= 15 is 0 Å². The molecule has 3 heterocycles. The summed E-state index contributed by atoms with van der Waals surface area (Å²) in [5.74, 6) is -0.0734. The van der Waals surface area contributed by atoms with Crippen LogP contribution in [0.15, 0.2) is 53.4 Å². The van der Waals surface area contributed by atoms with Gasteiger partial charge in [0, 0.05) is 25.4 Å². The van der Waals surface area contributed by atoms with Crippen molar-refractivity contribution in [3.05, 3.63) is 60.4 Å². The molecule has 0 unspecified atom stereocenters. The molecular weight excluding hydrogens is 308 g/mol. The number of carbonyl (C=O) groups is 2. The number of nitrogens with one attached hydrogen (secondary N) is 2. The number of nitrogens with zero attached hydrogens (tertiary/aromatic N) is 2. The van der Waals surface area contributed by atoms with Gasteiger partial charge in [-0.25, -0.2) is 4.98 Å². The zero-order chi connectivity index (χ0) is 16.8. The van der Waals surface area contributed by atoms with Crippen molar-refractivity contribution in [2.24, 2.45) is 0 Å². The van der Waals surface area contributed by atoms with Crippen molar-refractivity contribution in [1.82, 2.24) is 20.0 Å². The molecule has 3 aromatic heterocycles. The quantitative estimate of drug-likeness (QED) is 0.648. The highest BCUT2D eigenvalue weighted by Gasteiger charge is 2.08. The van der Waals surface area contributed by atoms with Crippen molar-refractivity contribution in [2.75, 3.05) is 6.54 Å². The highest BCUT2D eigenvalue weighted by atomic mass is 16.3. The Morgan fingerprint density at radius 1 is 1.17 bits per heavy atom. The molecule has 2 N–H and O–H groups in total. The molecule has 0 aliphatic carbocycles. The molecule has 7 nitrogen and oxygen atoms in total. The summed E-state index contributed by atoms with van der Waals surface area (Å²) in [7, 11) is 0. The van der Waals surface area contributed by atoms with Crippen molar-refractivity contribution in [3.8, 4) is 0 Å². The first-order valence-corrected chi connectivity index (χ1v) is 7.73. The zero-order valence-corrected chi connectivity index (χ0v) is 13.1. The van der Waals surface area contributed by atoms with E-state index in [1.807, 2.05) is 35.0 Å². The van der Waals surface area contributed by atoms with E-state index in [9.17, 15) is 9.59 Å². The average molecular weight is 326 g/mol. The lowest BCUT2D eigenvalue weighted by atomic mass is 10.3. The van der Waals surface area contributed by atoms with E-state index in [4.69, 9.17) is 4.42 Å². The van der Waals surface area contributed by atoms with E-state index in [1.165, 1.54) is 6.26 Å². The van der Waals surface area contributed by atoms with E-state index in [2.05, 4.69) is 15.6 Å². The van der Waals surface area contributed by atoms with Gasteiger partial charge >= 0.3 is 0 Å². The van der Waals surface area contributed by atoms with E-state index in [0.29, 0.717) is 25.9 Å². The molecule has 0 fully saturated rings. The fourth-order valence-corrected chi connectivity index (χ4v) is 2.30. The second-order valence-corrected chi connectivity index (χ2v) is 5.31. The van der Waals surface area contributed by atoms with Crippen LogP contribution in [0.5, 0.6) is 0 Å². The molecule has 3 rings (SSSR count). The van der Waals surface area contributed by atoms with Gasteiger partial charge in [0.25, 0.3) is 5.91 Å². The van der Waals surface area contributed by atoms with Crippen LogP contribution in [0.4, 0.5) is 0 Å². The largest absolute Gasteiger partial charge is 0.459 e. The third kappa shape index (κ3) is 4.01. The van der Waals surface area contributed by atoms with Crippen LogP contribution < -0.4 is 10.6 Å². The van der Waals surface area contributed by atoms with E-state index in [0.717, 1.165) is 11.3 Å². The number of amides is 2. The third-order valence-corrected chi connectivity index (χ3v) is 3.49. The maximum atomic E-state index is 11.8. The first kappa shape index (κ1) is 15.8. The summed E-state index contributed by atoms with van der Waals surface area (Å²) < 4.78 is 6.89. The minimum Gasteiger partial charge on any atom is -0.459 e. The zero-order valence-electron chi connectivity index (χ0n) is 13.1. The number of fused-ring (bicyclic) bond motifs is 1. The summed E-state index contributed by atoms with van der Waals surface area (Å²) in [4.78, 5) is 27.9. The maximum Gasteiger partial charge on any atom is 0.286 e. The van der Waals surface area contributed by atoms with Crippen LogP contribution in [-0.4, -0.2) is 27.7 Å². The molecule has 2 amide bonds. The maximum absolute atomic E-state index is 11.8. The lowest BCUT2D eigenvalue weighted by Gasteiger charge is -2.04. The highest BCUT2D eigenvalue weighted by molar-refractivity contribution is 5.91. The summed E-state index contributed by atoms with van der Waals surface area (Å²) in [6.07, 6.45) is 6.14. The Balaban J connectivity index is 1.36. The number of furan rings is 1. The van der Waals surface area contributed by atoms with Crippen LogP contribution in [0.25, 0.3) is 5.65 Å². The lowest BCUT2D eigenvalue weighted by Crippen LogP contribution is -2.27. The standard InChI is InChI=1S/C17H18N4O3/c22-16(7-3-8-18-17(23)14-5-4-10-24-14)19-11-13-12-21-9-2-1-6-15(21)20-13/h1-2,4-6,9-10,12H,3,7-8,11H2,(H,18,23)(H,19,22). The summed E-state index contributed by atoms with van der Waals surface area (Å²) in [5, 5.41) is 5.53. The summed E-state index contributed by atoms with van der Waals surface area (Å²) in [6, 6.07) is 9.00. The molecule has 0 aliphatic heterocycles. The predicted molar refractivity (Wildman–Crippen MR) is 87.3 cm³/mol. The fourth-order valence-electron chi connectivity index (χ4n) is 2.30. The van der Waals surface area contributed by atoms with Crippen LogP contribution in [0.2, 0.25) is 0 Å². The van der Waals surface area contributed by atoms with Crippen molar-refractivity contribution >= 4 is 17.5 Å². The molecular formula is C17H18N4O3. The van der Waals surface area contributed by atoms with Crippen LogP contribution in [0, 0.1) is 0 Å². The normalized spacial score (nSPS) is 10.7. The monoisotopic (exact) mass is 326 g/mol. The highest BCUT2D eigenvalue weighted by Crippen LogP contribution is 2.04. The van der Waals surface area contributed by atoms with Crippen molar-refractivity contribution < 1.29 is 14.0 Å². The van der Waals surface area contributed by atoms with Crippen LogP contribution in [-0.2, 0) is 11.3 Å². The summed E-state index contributed by atoms with van der Waals surface area (Å²) >= 11 is 0. The lowest BCUT2D eigenvalue weighted by molar-refractivity contribution is -0.121. The number of carbonyl (C=O) groups excluding carboxylic acids is 2. The Morgan fingerprint density at radius 2 is 2.08 bits per heavy atom. The molecule has 0 saturated heterocycles. The molecule has 7 heteroatoms. The Kier molecular flexibility index (Phi) is 4.90. The molecule has 0 radical (unpaired) electrons. The van der Waals surface area contributed by atoms with Crippen molar-refractivity contribution in [1.29, 1.82) is 0 Å². The molecule has 0 bridgehead atoms. The minimum absolute atomic E-state index is 0.0701. The second-order valence-electron chi connectivity index (χ2n) is 5.31. The van der Waals surface area contributed by atoms with Gasteiger partial charge in [-0.15, -0.1) is 0 Å². The van der Waals surface area contributed by atoms with Crippen LogP contribution in [0.1, 0.15) is 29.1 Å². The van der Waals surface area contributed by atoms with E-state index in [1.54, 1.807) is 12.1 Å². The first-order chi connectivity index (χ1) is 11.7. The Labute approximate surface area is 138 Å². The van der Waals surface area contributed by atoms with Gasteiger partial charge in [0.15, 0.2) is 5.76 Å². The second kappa shape index (κ2) is 7.45. The molecule has 0 spiro atoms. The number of hydrogen-bond acceptors (Lipinski definition) is 4. The molecule has 24 heavy (non-hydrogen) atoms. The molecule has 0 atom stereocenters. The minimum atomic E-state index is -0.273. The average Bonchev–Trinajstić information content (AvgIpc) is 3.25. The van der Waals surface area contributed by atoms with Crippen LogP contribution in [0.3, 0.4) is 0 Å². The van der Waals surface area contributed by atoms with E-state index < -0.39 is 0 Å². The number of aromatic nitrogens is 2. The smallest absolute Gasteiger partial charge is 0.286 e. The van der Waals surface area contributed by atoms with Gasteiger partial charge in [0.05, 0.1) is 18.5 Å². The Hall–Kier alpha value is -3.09. The van der Waals surface area contributed by atoms with Gasteiger partial charge in [-0.05, 0) is 30.7 Å².